The van der Waals surface area contributed by atoms with Gasteiger partial charge < -0.3 is 19.5 Å². The minimum atomic E-state index is -0.0512. The van der Waals surface area contributed by atoms with Crippen molar-refractivity contribution in [2.24, 2.45) is 0 Å². The van der Waals surface area contributed by atoms with Crippen LogP contribution in [-0.2, 0) is 0 Å². The van der Waals surface area contributed by atoms with Gasteiger partial charge in [0.25, 0.3) is 5.91 Å². The van der Waals surface area contributed by atoms with E-state index in [-0.39, 0.29) is 11.9 Å². The Balaban J connectivity index is 1.89. The van der Waals surface area contributed by atoms with Gasteiger partial charge in [0, 0.05) is 28.5 Å². The number of benzene rings is 2. The second-order valence-electron chi connectivity index (χ2n) is 8.62. The Morgan fingerprint density at radius 1 is 1.12 bits per heavy atom. The Morgan fingerprint density at radius 3 is 2.47 bits per heavy atom. The molecule has 3 aromatic rings. The highest BCUT2D eigenvalue weighted by atomic mass is 35.5. The van der Waals surface area contributed by atoms with Crippen molar-refractivity contribution in [2.45, 2.75) is 46.6 Å². The van der Waals surface area contributed by atoms with Gasteiger partial charge in [0.1, 0.15) is 5.75 Å². The van der Waals surface area contributed by atoms with Crippen molar-refractivity contribution in [1.82, 2.24) is 14.8 Å². The summed E-state index contributed by atoms with van der Waals surface area (Å²) < 4.78 is 7.54. The van der Waals surface area contributed by atoms with Gasteiger partial charge in [0.05, 0.1) is 18.4 Å². The minimum Gasteiger partial charge on any atom is -0.497 e. The molecule has 1 amide bonds. The maximum Gasteiger partial charge on any atom is 0.253 e. The third-order valence-electron chi connectivity index (χ3n) is 6.33. The molecule has 2 aromatic carbocycles. The van der Waals surface area contributed by atoms with E-state index in [4.69, 9.17) is 16.3 Å². The van der Waals surface area contributed by atoms with E-state index in [1.165, 1.54) is 0 Å². The number of carbonyl (C=O) groups is 1. The molecule has 34 heavy (non-hydrogen) atoms. The number of amides is 1. The summed E-state index contributed by atoms with van der Waals surface area (Å²) in [7, 11) is 1.65. The van der Waals surface area contributed by atoms with E-state index in [2.05, 4.69) is 35.6 Å². The second kappa shape index (κ2) is 12.1. The van der Waals surface area contributed by atoms with Crippen molar-refractivity contribution < 1.29 is 9.53 Å². The Hall–Kier alpha value is -2.76. The molecule has 3 rings (SSSR count). The zero-order valence-electron chi connectivity index (χ0n) is 20.9. The number of halogens is 1. The van der Waals surface area contributed by atoms with Gasteiger partial charge in [0.2, 0.25) is 0 Å². The largest absolute Gasteiger partial charge is 0.497 e. The van der Waals surface area contributed by atoms with Gasteiger partial charge in [-0.05, 0) is 82.2 Å². The minimum absolute atomic E-state index is 0.0512. The number of carbonyl (C=O) groups excluding carboxylic acids is 1. The van der Waals surface area contributed by atoms with E-state index in [0.29, 0.717) is 10.6 Å². The van der Waals surface area contributed by atoms with E-state index in [1.54, 1.807) is 7.11 Å². The van der Waals surface area contributed by atoms with Crippen LogP contribution in [0.1, 0.15) is 49.7 Å². The van der Waals surface area contributed by atoms with Crippen molar-refractivity contribution in [1.29, 1.82) is 0 Å². The summed E-state index contributed by atoms with van der Waals surface area (Å²) >= 11 is 6.13. The first-order valence-corrected chi connectivity index (χ1v) is 12.4. The standard InChI is InChI=1S/C28H36ClN3O2/c1-6-31(7-2)17-9-10-20(3)30-28(33)26-19-27(22-13-15-23(29)16-14-22)32(21(26)4)24-11-8-12-25(18-24)34-5/h8,11-16,18-20H,6-7,9-10,17H2,1-5H3,(H,30,33)/t20-/m0/s1. The Kier molecular flexibility index (Phi) is 9.20. The lowest BCUT2D eigenvalue weighted by Gasteiger charge is -2.19. The van der Waals surface area contributed by atoms with Crippen LogP contribution in [0.2, 0.25) is 5.02 Å². The Labute approximate surface area is 208 Å². The van der Waals surface area contributed by atoms with Crippen LogP contribution >= 0.6 is 11.6 Å². The lowest BCUT2D eigenvalue weighted by molar-refractivity contribution is 0.0936. The summed E-state index contributed by atoms with van der Waals surface area (Å²) in [6.07, 6.45) is 2.00. The van der Waals surface area contributed by atoms with Crippen molar-refractivity contribution >= 4 is 17.5 Å². The van der Waals surface area contributed by atoms with Crippen molar-refractivity contribution in [3.8, 4) is 22.7 Å². The van der Waals surface area contributed by atoms with Crippen LogP contribution in [0.5, 0.6) is 5.75 Å². The SMILES string of the molecule is CCN(CC)CCC[C@H](C)NC(=O)c1cc(-c2ccc(Cl)cc2)n(-c2cccc(OC)c2)c1C. The summed E-state index contributed by atoms with van der Waals surface area (Å²) in [5.74, 6) is 0.713. The summed E-state index contributed by atoms with van der Waals surface area (Å²) in [4.78, 5) is 15.7. The van der Waals surface area contributed by atoms with Gasteiger partial charge in [-0.1, -0.05) is 43.6 Å². The summed E-state index contributed by atoms with van der Waals surface area (Å²) in [5.41, 5.74) is 4.41. The smallest absolute Gasteiger partial charge is 0.253 e. The fourth-order valence-corrected chi connectivity index (χ4v) is 4.41. The molecule has 0 saturated heterocycles. The van der Waals surface area contributed by atoms with Crippen molar-refractivity contribution in [3.63, 3.8) is 0 Å². The molecule has 1 N–H and O–H groups in total. The van der Waals surface area contributed by atoms with Crippen LogP contribution in [0.25, 0.3) is 16.9 Å². The second-order valence-corrected chi connectivity index (χ2v) is 9.05. The molecule has 6 heteroatoms. The Morgan fingerprint density at radius 2 is 1.82 bits per heavy atom. The lowest BCUT2D eigenvalue weighted by atomic mass is 10.1. The normalized spacial score (nSPS) is 12.1. The Bertz CT molecular complexity index is 1090. The number of methoxy groups -OCH3 is 1. The monoisotopic (exact) mass is 481 g/mol. The van der Waals surface area contributed by atoms with Gasteiger partial charge in [-0.25, -0.2) is 0 Å². The first-order valence-electron chi connectivity index (χ1n) is 12.0. The predicted molar refractivity (Wildman–Crippen MR) is 141 cm³/mol. The summed E-state index contributed by atoms with van der Waals surface area (Å²) in [5, 5.41) is 3.88. The number of nitrogens with zero attached hydrogens (tertiary/aromatic N) is 2. The number of aromatic nitrogens is 1. The van der Waals surface area contributed by atoms with Crippen molar-refractivity contribution in [3.05, 3.63) is 70.9 Å². The molecular formula is C28H36ClN3O2. The van der Waals surface area contributed by atoms with E-state index in [0.717, 1.165) is 60.9 Å². The molecule has 1 heterocycles. The number of hydrogen-bond acceptors (Lipinski definition) is 3. The van der Waals surface area contributed by atoms with Gasteiger partial charge in [-0.3, -0.25) is 4.79 Å². The number of ether oxygens (including phenoxy) is 1. The molecule has 0 unspecified atom stereocenters. The molecule has 0 saturated carbocycles. The molecular weight excluding hydrogens is 446 g/mol. The van der Waals surface area contributed by atoms with Gasteiger partial charge in [-0.15, -0.1) is 0 Å². The molecule has 5 nitrogen and oxygen atoms in total. The molecule has 1 atom stereocenters. The first kappa shape index (κ1) is 25.9. The van der Waals surface area contributed by atoms with Crippen LogP contribution < -0.4 is 10.1 Å². The van der Waals surface area contributed by atoms with Crippen LogP contribution in [0.15, 0.2) is 54.6 Å². The summed E-state index contributed by atoms with van der Waals surface area (Å²) in [6, 6.07) is 17.6. The number of hydrogen-bond donors (Lipinski definition) is 1. The molecule has 0 aliphatic carbocycles. The van der Waals surface area contributed by atoms with Crippen molar-refractivity contribution in [2.75, 3.05) is 26.7 Å². The zero-order valence-corrected chi connectivity index (χ0v) is 21.7. The lowest BCUT2D eigenvalue weighted by Crippen LogP contribution is -2.34. The third-order valence-corrected chi connectivity index (χ3v) is 6.58. The maximum atomic E-state index is 13.3. The highest BCUT2D eigenvalue weighted by Gasteiger charge is 2.21. The fraction of sp³-hybridized carbons (Fsp3) is 0.393. The van der Waals surface area contributed by atoms with E-state index < -0.39 is 0 Å². The van der Waals surface area contributed by atoms with Crippen LogP contribution in [0.4, 0.5) is 0 Å². The molecule has 0 spiro atoms. The zero-order chi connectivity index (χ0) is 24.7. The first-order chi connectivity index (χ1) is 16.4. The molecule has 0 aliphatic heterocycles. The average Bonchev–Trinajstić information content (AvgIpc) is 3.19. The molecule has 1 aromatic heterocycles. The van der Waals surface area contributed by atoms with Crippen LogP contribution in [-0.4, -0.2) is 48.2 Å². The molecule has 0 aliphatic rings. The number of nitrogens with one attached hydrogen (secondary N) is 1. The molecule has 0 fully saturated rings. The topological polar surface area (TPSA) is 46.5 Å². The average molecular weight is 482 g/mol. The quantitative estimate of drug-likeness (QED) is 0.347. The predicted octanol–water partition coefficient (Wildman–Crippen LogP) is 6.36. The third kappa shape index (κ3) is 6.22. The summed E-state index contributed by atoms with van der Waals surface area (Å²) in [6.45, 7) is 11.6. The van der Waals surface area contributed by atoms with E-state index in [1.807, 2.05) is 61.5 Å². The van der Waals surface area contributed by atoms with Gasteiger partial charge >= 0.3 is 0 Å². The van der Waals surface area contributed by atoms with Crippen LogP contribution in [0, 0.1) is 6.92 Å². The molecule has 0 bridgehead atoms. The van der Waals surface area contributed by atoms with E-state index in [9.17, 15) is 4.79 Å². The highest BCUT2D eigenvalue weighted by molar-refractivity contribution is 6.30. The maximum absolute atomic E-state index is 13.3. The molecule has 182 valence electrons. The van der Waals surface area contributed by atoms with Crippen LogP contribution in [0.3, 0.4) is 0 Å². The molecule has 0 radical (unpaired) electrons. The highest BCUT2D eigenvalue weighted by Crippen LogP contribution is 2.31. The van der Waals surface area contributed by atoms with Gasteiger partial charge in [0.15, 0.2) is 0 Å². The number of rotatable bonds is 11. The fourth-order valence-electron chi connectivity index (χ4n) is 4.29. The van der Waals surface area contributed by atoms with E-state index >= 15 is 0 Å². The van der Waals surface area contributed by atoms with Gasteiger partial charge in [-0.2, -0.15) is 0 Å².